The molecule has 1 saturated carbocycles. The van der Waals surface area contributed by atoms with Gasteiger partial charge in [-0.1, -0.05) is 38.1 Å². The maximum Gasteiger partial charge on any atom is 0.233 e. The van der Waals surface area contributed by atoms with Gasteiger partial charge < -0.3 is 16.0 Å². The number of imide groups is 1. The molecule has 2 fully saturated rings. The number of nitrogens with one attached hydrogen (secondary N) is 3. The van der Waals surface area contributed by atoms with Crippen molar-refractivity contribution in [2.24, 2.45) is 34.6 Å². The van der Waals surface area contributed by atoms with Crippen LogP contribution in [-0.2, 0) is 20.9 Å². The fourth-order valence-corrected chi connectivity index (χ4v) is 4.87. The van der Waals surface area contributed by atoms with E-state index in [4.69, 9.17) is 0 Å². The number of aliphatic imine (C=N–C) groups is 1. The van der Waals surface area contributed by atoms with Crippen LogP contribution in [0.15, 0.2) is 41.4 Å². The lowest BCUT2D eigenvalue weighted by Crippen LogP contribution is -2.43. The molecule has 1 saturated heterocycles. The summed E-state index contributed by atoms with van der Waals surface area (Å²) in [5, 5.41) is 9.28. The number of hydrogen-bond acceptors (Lipinski definition) is 4. The van der Waals surface area contributed by atoms with E-state index in [0.29, 0.717) is 25.6 Å². The van der Waals surface area contributed by atoms with Crippen LogP contribution < -0.4 is 16.0 Å². The molecule has 0 radical (unpaired) electrons. The fraction of sp³-hybridized carbons (Fsp3) is 0.500. The Bertz CT molecular complexity index is 923. The number of benzene rings is 1. The second-order valence-corrected chi connectivity index (χ2v) is 9.02. The van der Waals surface area contributed by atoms with Crippen molar-refractivity contribution >= 4 is 29.4 Å². The molecule has 3 amide bonds. The average molecular weight is 438 g/mol. The first kappa shape index (κ1) is 22.0. The molecular weight excluding hydrogens is 406 g/mol. The van der Waals surface area contributed by atoms with Gasteiger partial charge in [0, 0.05) is 38.3 Å². The third kappa shape index (κ3) is 4.26. The van der Waals surface area contributed by atoms with E-state index in [1.54, 1.807) is 7.05 Å². The van der Waals surface area contributed by atoms with E-state index in [9.17, 15) is 14.4 Å². The summed E-state index contributed by atoms with van der Waals surface area (Å²) in [6, 6.07) is 7.63. The largest absolute Gasteiger partial charge is 0.355 e. The minimum absolute atomic E-state index is 0.0111. The number of allylic oxidation sites excluding steroid dienone is 2. The molecule has 1 aromatic carbocycles. The van der Waals surface area contributed by atoms with Crippen molar-refractivity contribution in [3.63, 3.8) is 0 Å². The van der Waals surface area contributed by atoms with Crippen molar-refractivity contribution in [3.8, 4) is 0 Å². The lowest BCUT2D eigenvalue weighted by molar-refractivity contribution is -0.140. The minimum atomic E-state index is -0.150. The van der Waals surface area contributed by atoms with Crippen LogP contribution in [0.3, 0.4) is 0 Å². The van der Waals surface area contributed by atoms with Gasteiger partial charge in [0.15, 0.2) is 5.96 Å². The molecule has 2 aliphatic carbocycles. The summed E-state index contributed by atoms with van der Waals surface area (Å²) in [4.78, 5) is 42.9. The van der Waals surface area contributed by atoms with E-state index in [2.05, 4.69) is 33.1 Å². The topological polar surface area (TPSA) is 103 Å². The van der Waals surface area contributed by atoms with Crippen molar-refractivity contribution in [2.75, 3.05) is 25.5 Å². The maximum atomic E-state index is 12.7. The number of carbonyl (C=O) groups excluding carboxylic acids is 3. The van der Waals surface area contributed by atoms with Gasteiger partial charge in [-0.15, -0.1) is 0 Å². The number of carbonyl (C=O) groups is 3. The summed E-state index contributed by atoms with van der Waals surface area (Å²) in [7, 11) is 1.68. The number of likely N-dealkylation sites (tertiary alicyclic amines) is 1. The van der Waals surface area contributed by atoms with Crippen LogP contribution in [0.2, 0.25) is 0 Å². The third-order valence-electron chi connectivity index (χ3n) is 6.62. The Morgan fingerprint density at radius 1 is 1.06 bits per heavy atom. The van der Waals surface area contributed by atoms with Gasteiger partial charge >= 0.3 is 0 Å². The Morgan fingerprint density at radius 2 is 1.69 bits per heavy atom. The van der Waals surface area contributed by atoms with Gasteiger partial charge in [0.05, 0.1) is 11.8 Å². The van der Waals surface area contributed by atoms with E-state index >= 15 is 0 Å². The lowest BCUT2D eigenvalue weighted by atomic mass is 9.85. The quantitative estimate of drug-likeness (QED) is 0.261. The number of amides is 3. The molecule has 8 heteroatoms. The number of hydrogen-bond donors (Lipinski definition) is 3. The summed E-state index contributed by atoms with van der Waals surface area (Å²) >= 11 is 0. The van der Waals surface area contributed by atoms with Crippen molar-refractivity contribution in [1.82, 2.24) is 15.5 Å². The van der Waals surface area contributed by atoms with Crippen molar-refractivity contribution in [1.29, 1.82) is 0 Å². The minimum Gasteiger partial charge on any atom is -0.355 e. The molecule has 1 aromatic rings. The van der Waals surface area contributed by atoms with Gasteiger partial charge in [-0.2, -0.15) is 0 Å². The van der Waals surface area contributed by atoms with Gasteiger partial charge in [0.25, 0.3) is 0 Å². The van der Waals surface area contributed by atoms with Crippen LogP contribution in [-0.4, -0.2) is 48.7 Å². The fourth-order valence-electron chi connectivity index (χ4n) is 4.87. The highest BCUT2D eigenvalue weighted by Gasteiger charge is 2.58. The predicted molar refractivity (Wildman–Crippen MR) is 123 cm³/mol. The SMILES string of the molecule is CN=C(NCCN1C(=O)C2C3C=CC(C3)C2C1=O)NCc1ccc(NC(=O)C(C)C)cc1. The average Bonchev–Trinajstić information content (AvgIpc) is 3.46. The van der Waals surface area contributed by atoms with E-state index < -0.39 is 0 Å². The van der Waals surface area contributed by atoms with E-state index in [1.165, 1.54) is 4.90 Å². The second-order valence-electron chi connectivity index (χ2n) is 9.02. The van der Waals surface area contributed by atoms with Gasteiger partial charge in [0.2, 0.25) is 17.7 Å². The Hall–Kier alpha value is -3.16. The van der Waals surface area contributed by atoms with Crippen LogP contribution in [0.1, 0.15) is 25.8 Å². The smallest absolute Gasteiger partial charge is 0.233 e. The molecule has 8 nitrogen and oxygen atoms in total. The highest BCUT2D eigenvalue weighted by Crippen LogP contribution is 2.52. The molecule has 1 heterocycles. The Kier molecular flexibility index (Phi) is 6.30. The number of nitrogens with zero attached hydrogens (tertiary/aromatic N) is 2. The molecule has 3 aliphatic rings. The summed E-state index contributed by atoms with van der Waals surface area (Å²) in [6.07, 6.45) is 5.16. The monoisotopic (exact) mass is 437 g/mol. The molecule has 4 rings (SSSR count). The Morgan fingerprint density at radius 3 is 2.25 bits per heavy atom. The van der Waals surface area contributed by atoms with Gasteiger partial charge in [0.1, 0.15) is 0 Å². The zero-order chi connectivity index (χ0) is 22.8. The predicted octanol–water partition coefficient (Wildman–Crippen LogP) is 1.75. The molecule has 0 spiro atoms. The summed E-state index contributed by atoms with van der Waals surface area (Å²) in [5.41, 5.74) is 1.81. The van der Waals surface area contributed by atoms with Crippen molar-refractivity contribution < 1.29 is 14.4 Å². The molecule has 2 bridgehead atoms. The molecule has 4 atom stereocenters. The zero-order valence-corrected chi connectivity index (χ0v) is 18.8. The van der Waals surface area contributed by atoms with Gasteiger partial charge in [-0.3, -0.25) is 24.3 Å². The molecule has 0 aromatic heterocycles. The van der Waals surface area contributed by atoms with E-state index in [0.717, 1.165) is 17.7 Å². The van der Waals surface area contributed by atoms with Crippen LogP contribution in [0.25, 0.3) is 0 Å². The number of anilines is 1. The third-order valence-corrected chi connectivity index (χ3v) is 6.62. The zero-order valence-electron chi connectivity index (χ0n) is 18.8. The van der Waals surface area contributed by atoms with Crippen LogP contribution in [0.5, 0.6) is 0 Å². The molecule has 1 aliphatic heterocycles. The number of fused-ring (bicyclic) bond motifs is 5. The Labute approximate surface area is 188 Å². The summed E-state index contributed by atoms with van der Waals surface area (Å²) in [5.74, 6) is 0.649. The molecule has 170 valence electrons. The van der Waals surface area contributed by atoms with Gasteiger partial charge in [-0.05, 0) is 36.0 Å². The Balaban J connectivity index is 1.22. The first-order valence-corrected chi connectivity index (χ1v) is 11.3. The van der Waals surface area contributed by atoms with Crippen LogP contribution >= 0.6 is 0 Å². The maximum absolute atomic E-state index is 12.7. The highest BCUT2D eigenvalue weighted by atomic mass is 16.2. The van der Waals surface area contributed by atoms with Crippen LogP contribution in [0, 0.1) is 29.6 Å². The standard InChI is InChI=1S/C24H31N5O3/c1-14(2)21(30)28-18-8-4-15(5-9-18)13-27-24(25-3)26-10-11-29-22(31)19-16-6-7-17(12-16)20(19)23(29)32/h4-9,14,16-17,19-20H,10-13H2,1-3H3,(H,28,30)(H2,25,26,27). The molecular formula is C24H31N5O3. The van der Waals surface area contributed by atoms with E-state index in [1.807, 2.05) is 38.1 Å². The highest BCUT2D eigenvalue weighted by molar-refractivity contribution is 6.06. The normalized spacial score (nSPS) is 26.1. The summed E-state index contributed by atoms with van der Waals surface area (Å²) < 4.78 is 0. The molecule has 4 unspecified atom stereocenters. The lowest BCUT2D eigenvalue weighted by Gasteiger charge is -2.18. The first-order valence-electron chi connectivity index (χ1n) is 11.3. The van der Waals surface area contributed by atoms with E-state index in [-0.39, 0.29) is 47.3 Å². The van der Waals surface area contributed by atoms with Crippen LogP contribution in [0.4, 0.5) is 5.69 Å². The first-order chi connectivity index (χ1) is 15.4. The second kappa shape index (κ2) is 9.14. The van der Waals surface area contributed by atoms with Crippen molar-refractivity contribution in [3.05, 3.63) is 42.0 Å². The number of guanidine groups is 1. The molecule has 3 N–H and O–H groups in total. The van der Waals surface area contributed by atoms with Crippen molar-refractivity contribution in [2.45, 2.75) is 26.8 Å². The number of rotatable bonds is 7. The molecule has 32 heavy (non-hydrogen) atoms. The summed E-state index contributed by atoms with van der Waals surface area (Å²) in [6.45, 7) is 5.05. The van der Waals surface area contributed by atoms with Gasteiger partial charge in [-0.25, -0.2) is 0 Å².